The zero-order valence-electron chi connectivity index (χ0n) is 30.0. The number of rotatable bonds is 15. The fourth-order valence-electron chi connectivity index (χ4n) is 5.86. The Bertz CT molecular complexity index is 2010. The summed E-state index contributed by atoms with van der Waals surface area (Å²) in [5, 5.41) is 5.79. The lowest BCUT2D eigenvalue weighted by molar-refractivity contribution is -0.131. The number of carbonyl (C=O) groups is 4. The molecule has 15 heteroatoms. The van der Waals surface area contributed by atoms with E-state index in [1.165, 1.54) is 14.2 Å². The summed E-state index contributed by atoms with van der Waals surface area (Å²) in [5.41, 5.74) is 6.06. The van der Waals surface area contributed by atoms with Gasteiger partial charge in [0.15, 0.2) is 0 Å². The molecule has 0 fully saturated rings. The Hall–Kier alpha value is -6.12. The minimum absolute atomic E-state index is 0.160. The number of aromatic nitrogens is 4. The van der Waals surface area contributed by atoms with Crippen molar-refractivity contribution >= 4 is 35.0 Å². The number of imidazole rings is 2. The third-order valence-electron chi connectivity index (χ3n) is 8.37. The predicted molar refractivity (Wildman–Crippen MR) is 194 cm³/mol. The molecule has 274 valence electrons. The summed E-state index contributed by atoms with van der Waals surface area (Å²) in [4.78, 5) is 67.4. The third-order valence-corrected chi connectivity index (χ3v) is 8.37. The normalized spacial score (nSPS) is 10.9. The number of aromatic amines is 2. The maximum atomic E-state index is 12.8. The van der Waals surface area contributed by atoms with E-state index in [1.54, 1.807) is 22.2 Å². The molecule has 0 spiro atoms. The quantitative estimate of drug-likeness (QED) is 0.111. The molecule has 0 saturated heterocycles. The zero-order chi connectivity index (χ0) is 37.2. The summed E-state index contributed by atoms with van der Waals surface area (Å²) >= 11 is 0. The molecular formula is C37H44N8O7. The summed E-state index contributed by atoms with van der Waals surface area (Å²) in [5.74, 6) is 1.54. The molecule has 0 atom stereocenters. The Balaban J connectivity index is 1.31. The lowest BCUT2D eigenvalue weighted by atomic mass is 9.98. The van der Waals surface area contributed by atoms with Gasteiger partial charge >= 0.3 is 12.2 Å². The topological polar surface area (TPSA) is 188 Å². The number of amides is 4. The first-order chi connectivity index (χ1) is 25.1. The number of nitrogens with zero attached hydrogens (tertiary/aromatic N) is 4. The van der Waals surface area contributed by atoms with Crippen LogP contribution in [0.4, 0.5) is 9.59 Å². The smallest absolute Gasteiger partial charge is 0.407 e. The Kier molecular flexibility index (Phi) is 12.3. The van der Waals surface area contributed by atoms with E-state index in [4.69, 9.17) is 4.42 Å². The number of alkyl carbamates (subject to hydrolysis) is 2. The molecule has 0 bridgehead atoms. The maximum absolute atomic E-state index is 12.8. The SMILES string of the molecule is CCCN(Cc1ncc(-c2ccc(-c3ccc(-c4cnc(CN(CCC)C(=O)CNC(=O)OC)[nH]4)c4cc(C)oc34)cc2)[nH]1)C(=O)CNC(=O)OC. The van der Waals surface area contributed by atoms with Gasteiger partial charge in [0.1, 0.15) is 36.1 Å². The number of furan rings is 1. The van der Waals surface area contributed by atoms with E-state index in [-0.39, 0.29) is 38.0 Å². The summed E-state index contributed by atoms with van der Waals surface area (Å²) in [6, 6.07) is 14.1. The van der Waals surface area contributed by atoms with Gasteiger partial charge in [0.05, 0.1) is 51.1 Å². The van der Waals surface area contributed by atoms with Crippen molar-refractivity contribution in [2.24, 2.45) is 0 Å². The second kappa shape index (κ2) is 17.2. The molecule has 4 N–H and O–H groups in total. The van der Waals surface area contributed by atoms with Crippen molar-refractivity contribution in [3.63, 3.8) is 0 Å². The lowest BCUT2D eigenvalue weighted by Crippen LogP contribution is -2.40. The van der Waals surface area contributed by atoms with E-state index in [0.717, 1.165) is 63.2 Å². The molecule has 0 radical (unpaired) electrons. The van der Waals surface area contributed by atoms with Gasteiger partial charge in [0, 0.05) is 29.6 Å². The van der Waals surface area contributed by atoms with Crippen LogP contribution in [-0.4, -0.2) is 94.1 Å². The van der Waals surface area contributed by atoms with Crippen molar-refractivity contribution in [3.05, 3.63) is 72.3 Å². The average Bonchev–Trinajstić information content (AvgIpc) is 3.92. The molecule has 15 nitrogen and oxygen atoms in total. The molecule has 0 unspecified atom stereocenters. The number of ether oxygens (including phenoxy) is 2. The number of methoxy groups -OCH3 is 2. The van der Waals surface area contributed by atoms with Gasteiger partial charge in [-0.2, -0.15) is 0 Å². The summed E-state index contributed by atoms with van der Waals surface area (Å²) in [7, 11) is 2.50. The first kappa shape index (κ1) is 37.1. The van der Waals surface area contributed by atoms with Crippen LogP contribution >= 0.6 is 0 Å². The van der Waals surface area contributed by atoms with Gasteiger partial charge in [-0.3, -0.25) is 9.59 Å². The van der Waals surface area contributed by atoms with E-state index < -0.39 is 12.2 Å². The largest absolute Gasteiger partial charge is 0.461 e. The minimum Gasteiger partial charge on any atom is -0.461 e. The van der Waals surface area contributed by atoms with Gasteiger partial charge in [-0.1, -0.05) is 44.2 Å². The molecular weight excluding hydrogens is 668 g/mol. The zero-order valence-corrected chi connectivity index (χ0v) is 30.0. The second-order valence-corrected chi connectivity index (χ2v) is 12.1. The molecule has 3 heterocycles. The molecule has 0 aliphatic rings. The number of fused-ring (bicyclic) bond motifs is 1. The Labute approximate surface area is 301 Å². The standard InChI is InChI=1S/C37H44N8O7/c1-6-14-44(33(46)19-40-36(48)50-4)21-31-38-17-29(42-31)25-10-8-24(9-11-25)26-12-13-27(28-16-23(3)52-35(26)28)30-18-39-32(43-30)22-45(15-7-2)34(47)20-41-37(49)51-5/h8-13,16-18H,6-7,14-15,19-22H2,1-5H3,(H,38,42)(H,39,43)(H,40,48)(H,41,49). The fourth-order valence-corrected chi connectivity index (χ4v) is 5.86. The van der Waals surface area contributed by atoms with E-state index in [0.29, 0.717) is 24.7 Å². The van der Waals surface area contributed by atoms with Crippen LogP contribution in [-0.2, 0) is 32.2 Å². The monoisotopic (exact) mass is 712 g/mol. The molecule has 5 aromatic rings. The fraction of sp³-hybridized carbons (Fsp3) is 0.351. The van der Waals surface area contributed by atoms with Gasteiger partial charge in [-0.25, -0.2) is 19.6 Å². The van der Waals surface area contributed by atoms with Gasteiger partial charge in [0.2, 0.25) is 11.8 Å². The molecule has 2 aromatic carbocycles. The van der Waals surface area contributed by atoms with Crippen LogP contribution in [0.5, 0.6) is 0 Å². The van der Waals surface area contributed by atoms with Gasteiger partial charge in [-0.15, -0.1) is 0 Å². The first-order valence-electron chi connectivity index (χ1n) is 17.0. The van der Waals surface area contributed by atoms with Crippen molar-refractivity contribution < 1.29 is 33.1 Å². The van der Waals surface area contributed by atoms with Crippen molar-refractivity contribution in [1.82, 2.24) is 40.4 Å². The summed E-state index contributed by atoms with van der Waals surface area (Å²) in [6.45, 7) is 7.10. The number of hydrogen-bond acceptors (Lipinski definition) is 9. The minimum atomic E-state index is -0.662. The van der Waals surface area contributed by atoms with Crippen LogP contribution in [0.3, 0.4) is 0 Å². The van der Waals surface area contributed by atoms with E-state index in [9.17, 15) is 19.2 Å². The second-order valence-electron chi connectivity index (χ2n) is 12.1. The van der Waals surface area contributed by atoms with Crippen LogP contribution in [0.2, 0.25) is 0 Å². The Morgan fingerprint density at radius 2 is 1.23 bits per heavy atom. The van der Waals surface area contributed by atoms with Crippen LogP contribution in [0.15, 0.2) is 59.3 Å². The highest BCUT2D eigenvalue weighted by molar-refractivity contribution is 6.01. The number of aryl methyl sites for hydroxylation is 1. The van der Waals surface area contributed by atoms with Crippen molar-refractivity contribution in [1.29, 1.82) is 0 Å². The number of benzene rings is 2. The lowest BCUT2D eigenvalue weighted by Gasteiger charge is -2.21. The van der Waals surface area contributed by atoms with E-state index in [2.05, 4.69) is 40.0 Å². The van der Waals surface area contributed by atoms with Crippen molar-refractivity contribution in [2.75, 3.05) is 40.4 Å². The molecule has 0 saturated carbocycles. The van der Waals surface area contributed by atoms with E-state index in [1.807, 2.05) is 63.2 Å². The van der Waals surface area contributed by atoms with Gasteiger partial charge in [0.25, 0.3) is 0 Å². The van der Waals surface area contributed by atoms with Crippen molar-refractivity contribution in [3.8, 4) is 33.6 Å². The molecule has 5 rings (SSSR count). The molecule has 0 aliphatic heterocycles. The van der Waals surface area contributed by atoms with Gasteiger partial charge < -0.3 is 44.3 Å². The highest BCUT2D eigenvalue weighted by Crippen LogP contribution is 2.37. The molecule has 4 amide bonds. The predicted octanol–water partition coefficient (Wildman–Crippen LogP) is 5.38. The number of nitrogens with one attached hydrogen (secondary N) is 4. The van der Waals surface area contributed by atoms with Crippen molar-refractivity contribution in [2.45, 2.75) is 46.7 Å². The highest BCUT2D eigenvalue weighted by Gasteiger charge is 2.20. The van der Waals surface area contributed by atoms with Crippen LogP contribution < -0.4 is 10.6 Å². The highest BCUT2D eigenvalue weighted by atomic mass is 16.5. The first-order valence-corrected chi connectivity index (χ1v) is 17.0. The summed E-state index contributed by atoms with van der Waals surface area (Å²) < 4.78 is 15.4. The third kappa shape index (κ3) is 8.96. The van der Waals surface area contributed by atoms with Crippen LogP contribution in [0.25, 0.3) is 44.6 Å². The van der Waals surface area contributed by atoms with Crippen LogP contribution in [0.1, 0.15) is 44.1 Å². The van der Waals surface area contributed by atoms with E-state index >= 15 is 0 Å². The Morgan fingerprint density at radius 1 is 0.731 bits per heavy atom. The average molecular weight is 713 g/mol. The maximum Gasteiger partial charge on any atom is 0.407 e. The Morgan fingerprint density at radius 3 is 1.77 bits per heavy atom. The number of H-pyrrole nitrogens is 2. The number of carbonyl (C=O) groups excluding carboxylic acids is 4. The molecule has 52 heavy (non-hydrogen) atoms. The summed E-state index contributed by atoms with van der Waals surface area (Å²) in [6.07, 6.45) is 3.67. The number of hydrogen-bond donors (Lipinski definition) is 4. The molecule has 3 aromatic heterocycles. The van der Waals surface area contributed by atoms with Gasteiger partial charge in [-0.05, 0) is 43.0 Å². The van der Waals surface area contributed by atoms with Crippen LogP contribution in [0, 0.1) is 6.92 Å². The molecule has 0 aliphatic carbocycles.